The van der Waals surface area contributed by atoms with Crippen LogP contribution in [-0.4, -0.2) is 20.8 Å². The quantitative estimate of drug-likeness (QED) is 0.814. The van der Waals surface area contributed by atoms with Crippen molar-refractivity contribution in [2.75, 3.05) is 12.4 Å². The van der Waals surface area contributed by atoms with Crippen LogP contribution in [0.4, 0.5) is 4.39 Å². The molecule has 0 heterocycles. The molecule has 0 saturated heterocycles. The van der Waals surface area contributed by atoms with Crippen molar-refractivity contribution < 1.29 is 12.8 Å². The van der Waals surface area contributed by atoms with Gasteiger partial charge in [-0.25, -0.2) is 17.5 Å². The molecule has 0 amide bonds. The molecule has 7 heteroatoms. The standard InChI is InChI=1S/C12H16Cl2FNO2S/c1-12(2,5-6-13)8-16-19(17,18)11-7-9(15)3-4-10(11)14/h3-4,7,16H,5-6,8H2,1-2H3. The Kier molecular flexibility index (Phi) is 5.62. The van der Waals surface area contributed by atoms with E-state index in [4.69, 9.17) is 23.2 Å². The van der Waals surface area contributed by atoms with Gasteiger partial charge in [0.05, 0.1) is 5.02 Å². The summed E-state index contributed by atoms with van der Waals surface area (Å²) in [5.41, 5.74) is -0.283. The fourth-order valence-electron chi connectivity index (χ4n) is 1.40. The van der Waals surface area contributed by atoms with Crippen molar-refractivity contribution in [3.05, 3.63) is 29.0 Å². The van der Waals surface area contributed by atoms with Crippen molar-refractivity contribution in [2.24, 2.45) is 5.41 Å². The van der Waals surface area contributed by atoms with Crippen LogP contribution in [0.15, 0.2) is 23.1 Å². The zero-order valence-electron chi connectivity index (χ0n) is 10.7. The van der Waals surface area contributed by atoms with Crippen molar-refractivity contribution in [3.8, 4) is 0 Å². The largest absolute Gasteiger partial charge is 0.242 e. The fourth-order valence-corrected chi connectivity index (χ4v) is 3.66. The third-order valence-electron chi connectivity index (χ3n) is 2.69. The van der Waals surface area contributed by atoms with Crippen molar-refractivity contribution in [1.82, 2.24) is 4.72 Å². The fraction of sp³-hybridized carbons (Fsp3) is 0.500. The molecule has 1 aromatic rings. The molecule has 0 spiro atoms. The Morgan fingerprint density at radius 3 is 2.58 bits per heavy atom. The molecule has 0 aliphatic heterocycles. The molecule has 0 unspecified atom stereocenters. The van der Waals surface area contributed by atoms with Crippen LogP contribution in [0.5, 0.6) is 0 Å². The zero-order chi connectivity index (χ0) is 14.7. The lowest BCUT2D eigenvalue weighted by molar-refractivity contribution is 0.352. The Bertz CT molecular complexity index is 547. The first-order chi connectivity index (χ1) is 8.68. The minimum absolute atomic E-state index is 0.0101. The van der Waals surface area contributed by atoms with Crippen molar-refractivity contribution in [3.63, 3.8) is 0 Å². The summed E-state index contributed by atoms with van der Waals surface area (Å²) in [4.78, 5) is -0.254. The van der Waals surface area contributed by atoms with Gasteiger partial charge in [-0.3, -0.25) is 0 Å². The van der Waals surface area contributed by atoms with Crippen molar-refractivity contribution in [2.45, 2.75) is 25.2 Å². The number of rotatable bonds is 6. The number of sulfonamides is 1. The van der Waals surface area contributed by atoms with Crippen LogP contribution in [0.3, 0.4) is 0 Å². The lowest BCUT2D eigenvalue weighted by atomic mass is 9.91. The van der Waals surface area contributed by atoms with E-state index >= 15 is 0 Å². The third-order valence-corrected chi connectivity index (χ3v) is 4.77. The van der Waals surface area contributed by atoms with Gasteiger partial charge in [0, 0.05) is 12.4 Å². The van der Waals surface area contributed by atoms with Crippen LogP contribution in [0.1, 0.15) is 20.3 Å². The van der Waals surface area contributed by atoms with Gasteiger partial charge in [0.1, 0.15) is 10.7 Å². The topological polar surface area (TPSA) is 46.2 Å². The highest BCUT2D eigenvalue weighted by molar-refractivity contribution is 7.89. The molecule has 0 aliphatic rings. The lowest BCUT2D eigenvalue weighted by Gasteiger charge is -2.23. The van der Waals surface area contributed by atoms with E-state index < -0.39 is 15.8 Å². The molecular formula is C12H16Cl2FNO2S. The van der Waals surface area contributed by atoms with E-state index in [1.165, 1.54) is 6.07 Å². The first kappa shape index (κ1) is 16.7. The van der Waals surface area contributed by atoms with Crippen molar-refractivity contribution >= 4 is 33.2 Å². The molecule has 0 atom stereocenters. The van der Waals surface area contributed by atoms with Gasteiger partial charge in [-0.1, -0.05) is 25.4 Å². The normalized spacial score (nSPS) is 12.7. The lowest BCUT2D eigenvalue weighted by Crippen LogP contribution is -2.34. The number of hydrogen-bond donors (Lipinski definition) is 1. The van der Waals surface area contributed by atoms with Crippen LogP contribution in [-0.2, 0) is 10.0 Å². The summed E-state index contributed by atoms with van der Waals surface area (Å²) in [6, 6.07) is 3.23. The van der Waals surface area contributed by atoms with Gasteiger partial charge >= 0.3 is 0 Å². The molecular weight excluding hydrogens is 312 g/mol. The Morgan fingerprint density at radius 1 is 1.37 bits per heavy atom. The van der Waals surface area contributed by atoms with Crippen LogP contribution in [0.2, 0.25) is 5.02 Å². The first-order valence-electron chi connectivity index (χ1n) is 5.69. The minimum Gasteiger partial charge on any atom is -0.211 e. The predicted molar refractivity (Wildman–Crippen MR) is 75.7 cm³/mol. The molecule has 108 valence electrons. The Labute approximate surface area is 123 Å². The van der Waals surface area contributed by atoms with E-state index in [0.717, 1.165) is 12.1 Å². The van der Waals surface area contributed by atoms with E-state index in [9.17, 15) is 12.8 Å². The average molecular weight is 328 g/mol. The maximum absolute atomic E-state index is 13.1. The summed E-state index contributed by atoms with van der Waals surface area (Å²) in [6.45, 7) is 3.99. The molecule has 0 radical (unpaired) electrons. The van der Waals surface area contributed by atoms with Gasteiger partial charge in [0.15, 0.2) is 0 Å². The second-order valence-corrected chi connectivity index (χ2v) is 7.52. The molecule has 0 fully saturated rings. The molecule has 0 aromatic heterocycles. The number of nitrogens with one attached hydrogen (secondary N) is 1. The van der Waals surface area contributed by atoms with Gasteiger partial charge in [0.25, 0.3) is 0 Å². The molecule has 1 rings (SSSR count). The summed E-state index contributed by atoms with van der Waals surface area (Å²) in [5, 5.41) is -0.0101. The highest BCUT2D eigenvalue weighted by atomic mass is 35.5. The van der Waals surface area contributed by atoms with E-state index in [0.29, 0.717) is 12.3 Å². The van der Waals surface area contributed by atoms with Gasteiger partial charge in [-0.15, -0.1) is 11.6 Å². The predicted octanol–water partition coefficient (Wildman–Crippen LogP) is 3.41. The molecule has 1 N–H and O–H groups in total. The second-order valence-electron chi connectivity index (χ2n) is 5.00. The first-order valence-corrected chi connectivity index (χ1v) is 8.08. The zero-order valence-corrected chi connectivity index (χ0v) is 13.0. The van der Waals surface area contributed by atoms with Gasteiger partial charge < -0.3 is 0 Å². The summed E-state index contributed by atoms with van der Waals surface area (Å²) >= 11 is 11.4. The average Bonchev–Trinajstić information content (AvgIpc) is 2.30. The van der Waals surface area contributed by atoms with Crippen LogP contribution in [0, 0.1) is 11.2 Å². The van der Waals surface area contributed by atoms with E-state index in [2.05, 4.69) is 4.72 Å². The molecule has 3 nitrogen and oxygen atoms in total. The minimum atomic E-state index is -3.83. The monoisotopic (exact) mass is 327 g/mol. The van der Waals surface area contributed by atoms with E-state index in [1.54, 1.807) is 0 Å². The molecule has 19 heavy (non-hydrogen) atoms. The van der Waals surface area contributed by atoms with Gasteiger partial charge in [0.2, 0.25) is 10.0 Å². The van der Waals surface area contributed by atoms with Crippen LogP contribution < -0.4 is 4.72 Å². The molecule has 0 bridgehead atoms. The Hall–Kier alpha value is -0.360. The number of alkyl halides is 1. The number of hydrogen-bond acceptors (Lipinski definition) is 2. The third kappa shape index (κ3) is 4.91. The SMILES string of the molecule is CC(C)(CCCl)CNS(=O)(=O)c1cc(F)ccc1Cl. The number of benzene rings is 1. The Morgan fingerprint density at radius 2 is 2.00 bits per heavy atom. The maximum Gasteiger partial charge on any atom is 0.242 e. The van der Waals surface area contributed by atoms with E-state index in [1.807, 2.05) is 13.8 Å². The molecule has 1 aromatic carbocycles. The molecule has 0 saturated carbocycles. The summed E-state index contributed by atoms with van der Waals surface area (Å²) in [6.07, 6.45) is 0.661. The summed E-state index contributed by atoms with van der Waals surface area (Å²) in [5.74, 6) is -0.208. The summed E-state index contributed by atoms with van der Waals surface area (Å²) < 4.78 is 39.7. The maximum atomic E-state index is 13.1. The van der Waals surface area contributed by atoms with E-state index in [-0.39, 0.29) is 21.9 Å². The highest BCUT2D eigenvalue weighted by Gasteiger charge is 2.23. The number of halogens is 3. The second kappa shape index (κ2) is 6.39. The van der Waals surface area contributed by atoms with Crippen LogP contribution >= 0.6 is 23.2 Å². The smallest absolute Gasteiger partial charge is 0.211 e. The molecule has 0 aliphatic carbocycles. The summed E-state index contributed by atoms with van der Waals surface area (Å²) in [7, 11) is -3.83. The van der Waals surface area contributed by atoms with Gasteiger partial charge in [-0.05, 0) is 30.0 Å². The van der Waals surface area contributed by atoms with Gasteiger partial charge in [-0.2, -0.15) is 0 Å². The van der Waals surface area contributed by atoms with Crippen molar-refractivity contribution in [1.29, 1.82) is 0 Å². The Balaban J connectivity index is 2.90. The van der Waals surface area contributed by atoms with Crippen LogP contribution in [0.25, 0.3) is 0 Å². The highest BCUT2D eigenvalue weighted by Crippen LogP contribution is 2.24.